The molecule has 4 aromatic rings. The number of fused-ring (bicyclic) bond motifs is 1. The molecule has 0 unspecified atom stereocenters. The Morgan fingerprint density at radius 3 is 2.33 bits per heavy atom. The van der Waals surface area contributed by atoms with Crippen LogP contribution in [0.5, 0.6) is 5.75 Å². The monoisotopic (exact) mass is 445 g/mol. The normalized spacial score (nSPS) is 13.9. The van der Waals surface area contributed by atoms with Crippen molar-refractivity contribution in [2.45, 2.75) is 26.2 Å². The van der Waals surface area contributed by atoms with Crippen molar-refractivity contribution in [2.24, 2.45) is 0 Å². The van der Waals surface area contributed by atoms with E-state index in [4.69, 9.17) is 0 Å². The molecule has 0 saturated carbocycles. The quantitative estimate of drug-likeness (QED) is 0.438. The first-order valence-corrected chi connectivity index (χ1v) is 10.8. The summed E-state index contributed by atoms with van der Waals surface area (Å²) in [5.41, 5.74) is 2.71. The number of nitrogens with zero attached hydrogens (tertiary/aromatic N) is 4. The third-order valence-corrected chi connectivity index (χ3v) is 6.14. The fraction of sp³-hybridized carbons (Fsp3) is 0.240. The Morgan fingerprint density at radius 2 is 1.70 bits per heavy atom. The molecule has 1 aliphatic rings. The van der Waals surface area contributed by atoms with E-state index in [1.807, 2.05) is 31.2 Å². The minimum absolute atomic E-state index is 0.0428. The van der Waals surface area contributed by atoms with Gasteiger partial charge in [0, 0.05) is 42.2 Å². The molecular formula is C25H21F2N5O. The molecule has 0 amide bonds. The van der Waals surface area contributed by atoms with Gasteiger partial charge in [-0.15, -0.1) is 0 Å². The Balaban J connectivity index is 1.74. The summed E-state index contributed by atoms with van der Waals surface area (Å²) in [4.78, 5) is 6.66. The van der Waals surface area contributed by atoms with Crippen molar-refractivity contribution in [3.05, 3.63) is 59.3 Å². The van der Waals surface area contributed by atoms with Crippen LogP contribution in [0.15, 0.2) is 36.4 Å². The standard InChI is InChI=1S/C25H21F2N5O/c1-14-21-22(15-5-7-16(8-6-15)32-9-3-2-4-10-32)18(13-28)24(29-25(21)31-30-14)23-19(26)11-17(33)12-20(23)27/h5-8,11-12,33H,2-4,9-10H2,1H3,(H,29,30,31). The van der Waals surface area contributed by atoms with E-state index in [1.54, 1.807) is 0 Å². The Bertz CT molecular complexity index is 1380. The van der Waals surface area contributed by atoms with Gasteiger partial charge in [-0.05, 0) is 43.9 Å². The molecule has 0 spiro atoms. The van der Waals surface area contributed by atoms with Crippen LogP contribution in [0.1, 0.15) is 30.5 Å². The first kappa shape index (κ1) is 20.9. The van der Waals surface area contributed by atoms with E-state index in [0.29, 0.717) is 16.6 Å². The van der Waals surface area contributed by atoms with Crippen molar-refractivity contribution < 1.29 is 13.9 Å². The number of hydrogen-bond donors (Lipinski definition) is 2. The zero-order valence-corrected chi connectivity index (χ0v) is 18.0. The van der Waals surface area contributed by atoms with Gasteiger partial charge in [-0.3, -0.25) is 5.10 Å². The second-order valence-electron chi connectivity index (χ2n) is 8.25. The number of rotatable bonds is 3. The zero-order chi connectivity index (χ0) is 23.1. The lowest BCUT2D eigenvalue weighted by Gasteiger charge is -2.29. The van der Waals surface area contributed by atoms with E-state index >= 15 is 0 Å². The van der Waals surface area contributed by atoms with Gasteiger partial charge in [-0.2, -0.15) is 10.4 Å². The summed E-state index contributed by atoms with van der Waals surface area (Å²) in [6.07, 6.45) is 3.56. The van der Waals surface area contributed by atoms with Gasteiger partial charge in [0.25, 0.3) is 0 Å². The summed E-state index contributed by atoms with van der Waals surface area (Å²) in [5.74, 6) is -2.55. The number of halogens is 2. The maximum absolute atomic E-state index is 14.7. The molecule has 2 aromatic carbocycles. The number of pyridine rings is 1. The van der Waals surface area contributed by atoms with Crippen LogP contribution in [-0.2, 0) is 0 Å². The lowest BCUT2D eigenvalue weighted by molar-refractivity contribution is 0.461. The molecule has 8 heteroatoms. The highest BCUT2D eigenvalue weighted by Gasteiger charge is 2.25. The predicted molar refractivity (Wildman–Crippen MR) is 122 cm³/mol. The number of phenolic OH excluding ortho intramolecular Hbond substituents is 1. The first-order chi connectivity index (χ1) is 16.0. The number of aromatic amines is 1. The number of H-pyrrole nitrogens is 1. The highest BCUT2D eigenvalue weighted by molar-refractivity contribution is 6.01. The van der Waals surface area contributed by atoms with E-state index in [0.717, 1.165) is 49.3 Å². The first-order valence-electron chi connectivity index (χ1n) is 10.8. The Kier molecular flexibility index (Phi) is 5.17. The van der Waals surface area contributed by atoms with Crippen LogP contribution in [0.3, 0.4) is 0 Å². The van der Waals surface area contributed by atoms with Gasteiger partial charge >= 0.3 is 0 Å². The van der Waals surface area contributed by atoms with Crippen LogP contribution >= 0.6 is 0 Å². The third kappa shape index (κ3) is 3.55. The van der Waals surface area contributed by atoms with E-state index in [2.05, 4.69) is 26.2 Å². The van der Waals surface area contributed by atoms with Crippen molar-refractivity contribution in [3.8, 4) is 34.2 Å². The number of phenols is 1. The minimum Gasteiger partial charge on any atom is -0.508 e. The maximum atomic E-state index is 14.7. The van der Waals surface area contributed by atoms with Crippen molar-refractivity contribution >= 4 is 16.7 Å². The average Bonchev–Trinajstić information content (AvgIpc) is 3.18. The number of hydrogen-bond acceptors (Lipinski definition) is 5. The van der Waals surface area contributed by atoms with E-state index in [1.165, 1.54) is 6.42 Å². The van der Waals surface area contributed by atoms with Crippen LogP contribution < -0.4 is 4.90 Å². The summed E-state index contributed by atoms with van der Waals surface area (Å²) in [7, 11) is 0. The molecule has 1 fully saturated rings. The van der Waals surface area contributed by atoms with Crippen molar-refractivity contribution in [1.29, 1.82) is 5.26 Å². The number of nitrogens with one attached hydrogen (secondary N) is 1. The van der Waals surface area contributed by atoms with Crippen molar-refractivity contribution in [2.75, 3.05) is 18.0 Å². The Morgan fingerprint density at radius 1 is 1.03 bits per heavy atom. The second kappa shape index (κ2) is 8.17. The summed E-state index contributed by atoms with van der Waals surface area (Å²) >= 11 is 0. The van der Waals surface area contributed by atoms with Crippen LogP contribution in [-0.4, -0.2) is 33.4 Å². The Labute approximate surface area is 189 Å². The van der Waals surface area contributed by atoms with Gasteiger partial charge in [-0.1, -0.05) is 12.1 Å². The molecule has 1 aliphatic heterocycles. The molecule has 0 radical (unpaired) electrons. The largest absolute Gasteiger partial charge is 0.508 e. The van der Waals surface area contributed by atoms with E-state index in [9.17, 15) is 19.1 Å². The fourth-order valence-electron chi connectivity index (χ4n) is 4.56. The highest BCUT2D eigenvalue weighted by atomic mass is 19.1. The smallest absolute Gasteiger partial charge is 0.182 e. The average molecular weight is 445 g/mol. The second-order valence-corrected chi connectivity index (χ2v) is 8.25. The molecule has 5 rings (SSSR count). The van der Waals surface area contributed by atoms with Gasteiger partial charge < -0.3 is 10.0 Å². The van der Waals surface area contributed by atoms with Crippen LogP contribution in [0.2, 0.25) is 0 Å². The van der Waals surface area contributed by atoms with Crippen molar-refractivity contribution in [3.63, 3.8) is 0 Å². The summed E-state index contributed by atoms with van der Waals surface area (Å²) in [6.45, 7) is 3.82. The van der Waals surface area contributed by atoms with Gasteiger partial charge in [0.1, 0.15) is 23.5 Å². The lowest BCUT2D eigenvalue weighted by Crippen LogP contribution is -2.29. The highest BCUT2D eigenvalue weighted by Crippen LogP contribution is 2.40. The van der Waals surface area contributed by atoms with Crippen LogP contribution in [0.25, 0.3) is 33.4 Å². The van der Waals surface area contributed by atoms with Gasteiger partial charge in [0.15, 0.2) is 5.65 Å². The topological polar surface area (TPSA) is 88.8 Å². The summed E-state index contributed by atoms with van der Waals surface area (Å²) in [5, 5.41) is 27.3. The SMILES string of the molecule is Cc1[nH]nc2nc(-c3c(F)cc(O)cc3F)c(C#N)c(-c3ccc(N4CCCCC4)cc3)c12. The summed E-state index contributed by atoms with van der Waals surface area (Å²) in [6, 6.07) is 11.5. The molecule has 2 aromatic heterocycles. The van der Waals surface area contributed by atoms with Gasteiger partial charge in [-0.25, -0.2) is 13.8 Å². The number of benzene rings is 2. The summed E-state index contributed by atoms with van der Waals surface area (Å²) < 4.78 is 29.5. The molecule has 0 bridgehead atoms. The Hall–Kier alpha value is -3.99. The lowest BCUT2D eigenvalue weighted by atomic mass is 9.92. The number of piperidine rings is 1. The molecule has 166 valence electrons. The van der Waals surface area contributed by atoms with Gasteiger partial charge in [0.05, 0.1) is 22.2 Å². The van der Waals surface area contributed by atoms with Crippen LogP contribution in [0, 0.1) is 29.9 Å². The molecule has 0 aliphatic carbocycles. The third-order valence-electron chi connectivity index (χ3n) is 6.14. The number of aromatic nitrogens is 3. The number of nitriles is 1. The van der Waals surface area contributed by atoms with Crippen molar-refractivity contribution in [1.82, 2.24) is 15.2 Å². The predicted octanol–water partition coefficient (Wildman–Crippen LogP) is 5.45. The van der Waals surface area contributed by atoms with E-state index < -0.39 is 22.9 Å². The van der Waals surface area contributed by atoms with E-state index in [-0.39, 0.29) is 16.9 Å². The molecule has 33 heavy (non-hydrogen) atoms. The van der Waals surface area contributed by atoms with Crippen LogP contribution in [0.4, 0.5) is 14.5 Å². The molecule has 0 atom stereocenters. The van der Waals surface area contributed by atoms with Gasteiger partial charge in [0.2, 0.25) is 0 Å². The minimum atomic E-state index is -1.01. The maximum Gasteiger partial charge on any atom is 0.182 e. The molecule has 2 N–H and O–H groups in total. The fourth-order valence-corrected chi connectivity index (χ4v) is 4.56. The molecule has 3 heterocycles. The number of aromatic hydroxyl groups is 1. The molecule has 1 saturated heterocycles. The number of anilines is 1. The molecule has 6 nitrogen and oxygen atoms in total. The zero-order valence-electron chi connectivity index (χ0n) is 18.0. The molecular weight excluding hydrogens is 424 g/mol. The number of aryl methyl sites for hydroxylation is 1.